The lowest BCUT2D eigenvalue weighted by Crippen LogP contribution is -3.14. The number of morpholine rings is 1. The van der Waals surface area contributed by atoms with E-state index in [4.69, 9.17) is 9.47 Å². The predicted molar refractivity (Wildman–Crippen MR) is 68.3 cm³/mol. The fraction of sp³-hybridized carbons (Fsp3) is 0.500. The van der Waals surface area contributed by atoms with E-state index in [-0.39, 0.29) is 5.78 Å². The molecule has 0 aromatic heterocycles. The zero-order valence-electron chi connectivity index (χ0n) is 10.8. The second-order valence-corrected chi connectivity index (χ2v) is 4.54. The van der Waals surface area contributed by atoms with Crippen LogP contribution in [0.1, 0.15) is 17.3 Å². The van der Waals surface area contributed by atoms with Crippen LogP contribution in [0.4, 0.5) is 0 Å². The lowest BCUT2D eigenvalue weighted by molar-refractivity contribution is -0.908. The van der Waals surface area contributed by atoms with Gasteiger partial charge in [0.1, 0.15) is 32.0 Å². The van der Waals surface area contributed by atoms with Gasteiger partial charge in [0.25, 0.3) is 0 Å². The summed E-state index contributed by atoms with van der Waals surface area (Å²) in [5.41, 5.74) is 0.723. The van der Waals surface area contributed by atoms with E-state index < -0.39 is 0 Å². The van der Waals surface area contributed by atoms with Crippen LogP contribution >= 0.6 is 0 Å². The maximum atomic E-state index is 11.1. The molecule has 98 valence electrons. The van der Waals surface area contributed by atoms with Crippen molar-refractivity contribution in [2.75, 3.05) is 39.5 Å². The number of carbonyl (C=O) groups excluding carboxylic acids is 1. The summed E-state index contributed by atoms with van der Waals surface area (Å²) in [6.07, 6.45) is 0. The molecule has 4 nitrogen and oxygen atoms in total. The van der Waals surface area contributed by atoms with Crippen LogP contribution in [0, 0.1) is 0 Å². The molecule has 1 saturated heterocycles. The third-order valence-corrected chi connectivity index (χ3v) is 3.19. The Balaban J connectivity index is 1.74. The minimum absolute atomic E-state index is 0.0827. The van der Waals surface area contributed by atoms with E-state index in [9.17, 15) is 4.79 Å². The van der Waals surface area contributed by atoms with E-state index in [1.54, 1.807) is 19.1 Å². The van der Waals surface area contributed by atoms with Crippen molar-refractivity contribution in [2.45, 2.75) is 6.92 Å². The highest BCUT2D eigenvalue weighted by Gasteiger charge is 2.13. The number of ether oxygens (including phenoxy) is 2. The molecule has 0 atom stereocenters. The molecular weight excluding hydrogens is 230 g/mol. The maximum absolute atomic E-state index is 11.1. The molecule has 1 aromatic carbocycles. The Bertz CT molecular complexity index is 383. The fourth-order valence-electron chi connectivity index (χ4n) is 2.01. The molecule has 0 aliphatic carbocycles. The lowest BCUT2D eigenvalue weighted by Gasteiger charge is -2.23. The summed E-state index contributed by atoms with van der Waals surface area (Å²) in [5.74, 6) is 0.909. The number of nitrogens with one attached hydrogen (secondary N) is 1. The van der Waals surface area contributed by atoms with E-state index in [2.05, 4.69) is 0 Å². The minimum Gasteiger partial charge on any atom is -0.488 e. The number of carbonyl (C=O) groups is 1. The zero-order chi connectivity index (χ0) is 12.8. The topological polar surface area (TPSA) is 40.0 Å². The normalized spacial score (nSPS) is 16.5. The van der Waals surface area contributed by atoms with Gasteiger partial charge in [-0.2, -0.15) is 0 Å². The number of hydrogen-bond donors (Lipinski definition) is 1. The fourth-order valence-corrected chi connectivity index (χ4v) is 2.01. The molecule has 0 spiro atoms. The molecule has 1 fully saturated rings. The Labute approximate surface area is 107 Å². The summed E-state index contributed by atoms with van der Waals surface area (Å²) in [4.78, 5) is 12.7. The summed E-state index contributed by atoms with van der Waals surface area (Å²) in [6, 6.07) is 7.31. The van der Waals surface area contributed by atoms with Gasteiger partial charge in [-0.1, -0.05) is 0 Å². The summed E-state index contributed by atoms with van der Waals surface area (Å²) in [5, 5.41) is 0. The monoisotopic (exact) mass is 250 g/mol. The van der Waals surface area contributed by atoms with Crippen molar-refractivity contribution in [3.8, 4) is 5.75 Å². The van der Waals surface area contributed by atoms with Crippen LogP contribution in [0.2, 0.25) is 0 Å². The highest BCUT2D eigenvalue weighted by atomic mass is 16.5. The van der Waals surface area contributed by atoms with Crippen molar-refractivity contribution >= 4 is 5.78 Å². The van der Waals surface area contributed by atoms with Crippen LogP contribution < -0.4 is 9.64 Å². The average Bonchev–Trinajstić information content (AvgIpc) is 2.40. The number of Topliss-reactive ketones (excluding diaryl/α,β-unsaturated/α-hetero) is 1. The molecule has 0 amide bonds. The van der Waals surface area contributed by atoms with Crippen molar-refractivity contribution in [3.05, 3.63) is 29.8 Å². The first kappa shape index (κ1) is 13.1. The second-order valence-electron chi connectivity index (χ2n) is 4.54. The van der Waals surface area contributed by atoms with Gasteiger partial charge in [-0.3, -0.25) is 4.79 Å². The zero-order valence-corrected chi connectivity index (χ0v) is 10.8. The van der Waals surface area contributed by atoms with Gasteiger partial charge in [0.05, 0.1) is 13.2 Å². The molecule has 4 heteroatoms. The van der Waals surface area contributed by atoms with Gasteiger partial charge in [0.15, 0.2) is 5.78 Å². The maximum Gasteiger partial charge on any atom is 0.159 e. The first-order valence-corrected chi connectivity index (χ1v) is 6.41. The number of ketones is 1. The molecule has 18 heavy (non-hydrogen) atoms. The van der Waals surface area contributed by atoms with Crippen LogP contribution in [0.15, 0.2) is 24.3 Å². The van der Waals surface area contributed by atoms with Gasteiger partial charge >= 0.3 is 0 Å². The third kappa shape index (κ3) is 3.82. The Hall–Kier alpha value is -1.39. The predicted octanol–water partition coefficient (Wildman–Crippen LogP) is 0.183. The van der Waals surface area contributed by atoms with Gasteiger partial charge in [0.2, 0.25) is 0 Å². The molecular formula is C14H20NO3+. The lowest BCUT2D eigenvalue weighted by atomic mass is 10.1. The van der Waals surface area contributed by atoms with Gasteiger partial charge < -0.3 is 14.4 Å². The Morgan fingerprint density at radius 1 is 1.28 bits per heavy atom. The molecule has 1 heterocycles. The summed E-state index contributed by atoms with van der Waals surface area (Å²) in [7, 11) is 0. The highest BCUT2D eigenvalue weighted by molar-refractivity contribution is 5.94. The summed E-state index contributed by atoms with van der Waals surface area (Å²) >= 11 is 0. The molecule has 1 aliphatic rings. The molecule has 0 radical (unpaired) electrons. The first-order chi connectivity index (χ1) is 8.75. The number of hydrogen-bond acceptors (Lipinski definition) is 3. The van der Waals surface area contributed by atoms with Crippen LogP contribution in [0.3, 0.4) is 0 Å². The van der Waals surface area contributed by atoms with E-state index in [1.807, 2.05) is 12.1 Å². The van der Waals surface area contributed by atoms with Crippen molar-refractivity contribution in [1.82, 2.24) is 0 Å². The molecule has 1 aliphatic heterocycles. The average molecular weight is 250 g/mol. The summed E-state index contributed by atoms with van der Waals surface area (Å²) in [6.45, 7) is 7.09. The van der Waals surface area contributed by atoms with Gasteiger partial charge in [-0.15, -0.1) is 0 Å². The smallest absolute Gasteiger partial charge is 0.159 e. The van der Waals surface area contributed by atoms with Crippen LogP contribution in [-0.4, -0.2) is 45.2 Å². The number of rotatable bonds is 5. The van der Waals surface area contributed by atoms with Gasteiger partial charge in [-0.05, 0) is 31.2 Å². The second kappa shape index (κ2) is 6.52. The minimum atomic E-state index is 0.0827. The quantitative estimate of drug-likeness (QED) is 0.758. The molecule has 0 bridgehead atoms. The van der Waals surface area contributed by atoms with Crippen LogP contribution in [0.25, 0.3) is 0 Å². The molecule has 0 saturated carbocycles. The van der Waals surface area contributed by atoms with Gasteiger partial charge in [0, 0.05) is 5.56 Å². The molecule has 2 rings (SSSR count). The number of benzene rings is 1. The summed E-state index contributed by atoms with van der Waals surface area (Å²) < 4.78 is 11.0. The molecule has 1 aromatic rings. The van der Waals surface area contributed by atoms with Crippen molar-refractivity contribution in [1.29, 1.82) is 0 Å². The Morgan fingerprint density at radius 3 is 2.56 bits per heavy atom. The number of quaternary nitrogens is 1. The van der Waals surface area contributed by atoms with E-state index in [1.165, 1.54) is 4.90 Å². The highest BCUT2D eigenvalue weighted by Crippen LogP contribution is 2.12. The SMILES string of the molecule is CC(=O)c1ccc(OCC[NH+]2CCOCC2)cc1. The Kier molecular flexibility index (Phi) is 4.73. The first-order valence-electron chi connectivity index (χ1n) is 6.41. The van der Waals surface area contributed by atoms with E-state index >= 15 is 0 Å². The van der Waals surface area contributed by atoms with Crippen molar-refractivity contribution < 1.29 is 19.2 Å². The van der Waals surface area contributed by atoms with Crippen molar-refractivity contribution in [2.24, 2.45) is 0 Å². The van der Waals surface area contributed by atoms with Crippen LogP contribution in [-0.2, 0) is 4.74 Å². The van der Waals surface area contributed by atoms with E-state index in [0.29, 0.717) is 6.61 Å². The molecule has 1 N–H and O–H groups in total. The standard InChI is InChI=1S/C14H19NO3/c1-12(16)13-2-4-14(5-3-13)18-11-8-15-6-9-17-10-7-15/h2-5H,6-11H2,1H3/p+1. The van der Waals surface area contributed by atoms with Crippen LogP contribution in [0.5, 0.6) is 5.75 Å². The largest absolute Gasteiger partial charge is 0.488 e. The third-order valence-electron chi connectivity index (χ3n) is 3.19. The van der Waals surface area contributed by atoms with Gasteiger partial charge in [-0.25, -0.2) is 0 Å². The van der Waals surface area contributed by atoms with Crippen molar-refractivity contribution in [3.63, 3.8) is 0 Å². The molecule has 0 unspecified atom stereocenters. The Morgan fingerprint density at radius 2 is 1.94 bits per heavy atom. The van der Waals surface area contributed by atoms with E-state index in [0.717, 1.165) is 44.2 Å².